The Morgan fingerprint density at radius 3 is 2.36 bits per heavy atom. The lowest BCUT2D eigenvalue weighted by Crippen LogP contribution is -2.24. The number of carbonyl (C=O) groups is 1. The van der Waals surface area contributed by atoms with E-state index in [2.05, 4.69) is 32.7 Å². The van der Waals surface area contributed by atoms with Gasteiger partial charge in [-0.2, -0.15) is 0 Å². The van der Waals surface area contributed by atoms with Crippen LogP contribution in [0.5, 0.6) is 11.5 Å². The van der Waals surface area contributed by atoms with Crippen molar-refractivity contribution in [2.24, 2.45) is 0 Å². The summed E-state index contributed by atoms with van der Waals surface area (Å²) in [5.41, 5.74) is 6.69. The maximum Gasteiger partial charge on any atom is 0.255 e. The Bertz CT molecular complexity index is 1620. The Morgan fingerprint density at radius 1 is 0.821 bits per heavy atom. The normalized spacial score (nSPS) is 10.7. The molecule has 0 saturated heterocycles. The average Bonchev–Trinajstić information content (AvgIpc) is 2.97. The van der Waals surface area contributed by atoms with Crippen LogP contribution in [0.15, 0.2) is 91.3 Å². The first-order chi connectivity index (χ1) is 19.1. The lowest BCUT2D eigenvalue weighted by Gasteiger charge is -2.13. The number of ether oxygens (including phenoxy) is 2. The van der Waals surface area contributed by atoms with E-state index >= 15 is 0 Å². The SMILES string of the molecule is COc1cc2nccc(Cc3ccc(Nc4ncccc4C(=O)NCc4ccccc4C)cc3)c2cc1OC. The van der Waals surface area contributed by atoms with Gasteiger partial charge in [0, 0.05) is 36.1 Å². The van der Waals surface area contributed by atoms with Gasteiger partial charge >= 0.3 is 0 Å². The molecule has 0 aliphatic rings. The van der Waals surface area contributed by atoms with Crippen molar-refractivity contribution in [3.8, 4) is 11.5 Å². The number of amides is 1. The summed E-state index contributed by atoms with van der Waals surface area (Å²) in [4.78, 5) is 21.9. The molecule has 0 aliphatic carbocycles. The number of hydrogen-bond donors (Lipinski definition) is 2. The van der Waals surface area contributed by atoms with E-state index in [4.69, 9.17) is 9.47 Å². The molecule has 0 unspecified atom stereocenters. The number of aryl methyl sites for hydroxylation is 1. The maximum absolute atomic E-state index is 13.0. The second kappa shape index (κ2) is 11.6. The zero-order valence-corrected chi connectivity index (χ0v) is 22.2. The van der Waals surface area contributed by atoms with Crippen LogP contribution in [0.4, 0.5) is 11.5 Å². The predicted molar refractivity (Wildman–Crippen MR) is 154 cm³/mol. The number of pyridine rings is 2. The number of fused-ring (bicyclic) bond motifs is 1. The summed E-state index contributed by atoms with van der Waals surface area (Å²) in [6.07, 6.45) is 4.21. The smallest absolute Gasteiger partial charge is 0.255 e. The lowest BCUT2D eigenvalue weighted by atomic mass is 10.0. The average molecular weight is 519 g/mol. The standard InChI is InChI=1S/C32H30N4O3/c1-21-7-4-5-8-24(21)20-35-32(37)26-9-6-15-34-31(26)36-25-12-10-22(11-13-25)17-23-14-16-33-28-19-30(39-3)29(38-2)18-27(23)28/h4-16,18-19H,17,20H2,1-3H3,(H,34,36)(H,35,37). The van der Waals surface area contributed by atoms with Gasteiger partial charge in [0.25, 0.3) is 5.91 Å². The Labute approximate surface area is 227 Å². The number of anilines is 2. The van der Waals surface area contributed by atoms with Crippen molar-refractivity contribution >= 4 is 28.3 Å². The van der Waals surface area contributed by atoms with E-state index in [0.29, 0.717) is 29.4 Å². The molecule has 0 spiro atoms. The number of carbonyl (C=O) groups excluding carboxylic acids is 1. The highest BCUT2D eigenvalue weighted by Crippen LogP contribution is 2.33. The highest BCUT2D eigenvalue weighted by molar-refractivity contribution is 5.99. The Kier molecular flexibility index (Phi) is 7.68. The summed E-state index contributed by atoms with van der Waals surface area (Å²) >= 11 is 0. The molecule has 1 amide bonds. The number of benzene rings is 3. The number of aromatic nitrogens is 2. The van der Waals surface area contributed by atoms with Gasteiger partial charge in [-0.15, -0.1) is 0 Å². The largest absolute Gasteiger partial charge is 0.493 e. The molecule has 0 fully saturated rings. The summed E-state index contributed by atoms with van der Waals surface area (Å²) in [5, 5.41) is 7.33. The molecule has 7 heteroatoms. The zero-order valence-electron chi connectivity index (χ0n) is 22.2. The minimum atomic E-state index is -0.179. The molecule has 2 N–H and O–H groups in total. The van der Waals surface area contributed by atoms with E-state index in [1.807, 2.05) is 67.7 Å². The van der Waals surface area contributed by atoms with E-state index in [0.717, 1.165) is 45.3 Å². The van der Waals surface area contributed by atoms with Crippen molar-refractivity contribution in [1.29, 1.82) is 0 Å². The third-order valence-electron chi connectivity index (χ3n) is 6.70. The van der Waals surface area contributed by atoms with Gasteiger partial charge in [-0.25, -0.2) is 4.98 Å². The van der Waals surface area contributed by atoms with Crippen molar-refractivity contribution < 1.29 is 14.3 Å². The predicted octanol–water partition coefficient (Wildman–Crippen LogP) is 6.22. The summed E-state index contributed by atoms with van der Waals surface area (Å²) in [5.74, 6) is 1.66. The van der Waals surface area contributed by atoms with Crippen LogP contribution in [0.1, 0.15) is 32.6 Å². The monoisotopic (exact) mass is 518 g/mol. The number of hydrogen-bond acceptors (Lipinski definition) is 6. The molecule has 39 heavy (non-hydrogen) atoms. The van der Waals surface area contributed by atoms with Crippen LogP contribution in [0.2, 0.25) is 0 Å². The topological polar surface area (TPSA) is 85.4 Å². The third-order valence-corrected chi connectivity index (χ3v) is 6.70. The summed E-state index contributed by atoms with van der Waals surface area (Å²) in [6.45, 7) is 2.49. The quantitative estimate of drug-likeness (QED) is 0.241. The van der Waals surface area contributed by atoms with Gasteiger partial charge in [0.1, 0.15) is 5.82 Å². The molecule has 0 bridgehead atoms. The second-order valence-electron chi connectivity index (χ2n) is 9.20. The minimum absolute atomic E-state index is 0.179. The molecule has 5 rings (SSSR count). The van der Waals surface area contributed by atoms with E-state index in [1.54, 1.807) is 32.5 Å². The third kappa shape index (κ3) is 5.83. The molecule has 0 aliphatic heterocycles. The van der Waals surface area contributed by atoms with Crippen LogP contribution in [0, 0.1) is 6.92 Å². The highest BCUT2D eigenvalue weighted by atomic mass is 16.5. The molecule has 7 nitrogen and oxygen atoms in total. The Balaban J connectivity index is 1.30. The van der Waals surface area contributed by atoms with Gasteiger partial charge < -0.3 is 20.1 Å². The van der Waals surface area contributed by atoms with Gasteiger partial charge in [-0.1, -0.05) is 36.4 Å². The molecule has 5 aromatic rings. The Morgan fingerprint density at radius 2 is 1.59 bits per heavy atom. The van der Waals surface area contributed by atoms with E-state index < -0.39 is 0 Å². The van der Waals surface area contributed by atoms with Crippen LogP contribution in [-0.2, 0) is 13.0 Å². The van der Waals surface area contributed by atoms with E-state index in [-0.39, 0.29) is 5.91 Å². The van der Waals surface area contributed by atoms with Crippen LogP contribution in [0.3, 0.4) is 0 Å². The van der Waals surface area contributed by atoms with Gasteiger partial charge in [0.2, 0.25) is 0 Å². The van der Waals surface area contributed by atoms with Crippen molar-refractivity contribution in [2.75, 3.05) is 19.5 Å². The second-order valence-corrected chi connectivity index (χ2v) is 9.20. The fourth-order valence-electron chi connectivity index (χ4n) is 4.51. The van der Waals surface area contributed by atoms with Crippen molar-refractivity contribution in [3.05, 3.63) is 119 Å². The number of rotatable bonds is 9. The Hall–Kier alpha value is -4.91. The van der Waals surface area contributed by atoms with Crippen molar-refractivity contribution in [3.63, 3.8) is 0 Å². The zero-order chi connectivity index (χ0) is 27.2. The molecule has 2 heterocycles. The maximum atomic E-state index is 13.0. The first-order valence-corrected chi connectivity index (χ1v) is 12.7. The molecule has 0 atom stereocenters. The molecular formula is C32H30N4O3. The molecule has 0 radical (unpaired) electrons. The molecular weight excluding hydrogens is 488 g/mol. The van der Waals surface area contributed by atoms with E-state index in [1.165, 1.54) is 0 Å². The van der Waals surface area contributed by atoms with Gasteiger partial charge in [0.05, 0.1) is 25.3 Å². The molecule has 3 aromatic carbocycles. The summed E-state index contributed by atoms with van der Waals surface area (Å²) in [7, 11) is 3.25. The first-order valence-electron chi connectivity index (χ1n) is 12.7. The minimum Gasteiger partial charge on any atom is -0.493 e. The van der Waals surface area contributed by atoms with E-state index in [9.17, 15) is 4.79 Å². The first kappa shape index (κ1) is 25.7. The van der Waals surface area contributed by atoms with Crippen LogP contribution in [0.25, 0.3) is 10.9 Å². The van der Waals surface area contributed by atoms with Crippen molar-refractivity contribution in [1.82, 2.24) is 15.3 Å². The van der Waals surface area contributed by atoms with Gasteiger partial charge in [0.15, 0.2) is 11.5 Å². The van der Waals surface area contributed by atoms with Gasteiger partial charge in [-0.05, 0) is 72.0 Å². The van der Waals surface area contributed by atoms with Crippen molar-refractivity contribution in [2.45, 2.75) is 19.9 Å². The molecule has 0 saturated carbocycles. The molecule has 2 aromatic heterocycles. The summed E-state index contributed by atoms with van der Waals surface area (Å²) in [6, 6.07) is 25.6. The molecule has 196 valence electrons. The number of nitrogens with one attached hydrogen (secondary N) is 2. The lowest BCUT2D eigenvalue weighted by molar-refractivity contribution is 0.0951. The fourth-order valence-corrected chi connectivity index (χ4v) is 4.51. The summed E-state index contributed by atoms with van der Waals surface area (Å²) < 4.78 is 10.9. The number of nitrogens with zero attached hydrogens (tertiary/aromatic N) is 2. The van der Waals surface area contributed by atoms with Crippen LogP contribution in [-0.4, -0.2) is 30.1 Å². The van der Waals surface area contributed by atoms with Gasteiger partial charge in [-0.3, -0.25) is 9.78 Å². The van der Waals surface area contributed by atoms with Crippen LogP contribution < -0.4 is 20.1 Å². The highest BCUT2D eigenvalue weighted by Gasteiger charge is 2.14. The fraction of sp³-hybridized carbons (Fsp3) is 0.156. The number of methoxy groups -OCH3 is 2. The van der Waals surface area contributed by atoms with Crippen LogP contribution >= 0.6 is 0 Å².